The Morgan fingerprint density at radius 1 is 1.24 bits per heavy atom. The average molecular weight is 356 g/mol. The van der Waals surface area contributed by atoms with Crippen molar-refractivity contribution < 1.29 is 9.66 Å². The number of ether oxygens (including phenoxy) is 1. The van der Waals surface area contributed by atoms with Crippen molar-refractivity contribution in [1.82, 2.24) is 14.8 Å². The van der Waals surface area contributed by atoms with Gasteiger partial charge in [-0.2, -0.15) is 0 Å². The van der Waals surface area contributed by atoms with E-state index in [1.54, 1.807) is 26.4 Å². The maximum Gasteiger partial charge on any atom is 0.272 e. The van der Waals surface area contributed by atoms with E-state index in [1.807, 2.05) is 34.9 Å². The van der Waals surface area contributed by atoms with Crippen LogP contribution in [0.2, 0.25) is 0 Å². The number of hydrogen-bond acceptors (Lipinski definition) is 6. The fraction of sp³-hybridized carbons (Fsp3) is 0.176. The van der Waals surface area contributed by atoms with E-state index in [1.165, 1.54) is 17.8 Å². The van der Waals surface area contributed by atoms with Crippen molar-refractivity contribution in [3.8, 4) is 11.4 Å². The lowest BCUT2D eigenvalue weighted by atomic mass is 10.1. The molecule has 0 amide bonds. The normalized spacial score (nSPS) is 10.6. The lowest BCUT2D eigenvalue weighted by molar-refractivity contribution is -0.385. The van der Waals surface area contributed by atoms with Crippen LogP contribution in [0.5, 0.6) is 5.75 Å². The van der Waals surface area contributed by atoms with E-state index in [4.69, 9.17) is 4.74 Å². The zero-order valence-electron chi connectivity index (χ0n) is 13.7. The SMILES string of the molecule is COc1ccccc1-n1cnnc1SCc1cccc([N+](=O)[O-])c1C. The van der Waals surface area contributed by atoms with Crippen molar-refractivity contribution in [1.29, 1.82) is 0 Å². The minimum atomic E-state index is -0.360. The predicted octanol–water partition coefficient (Wildman–Crippen LogP) is 3.78. The van der Waals surface area contributed by atoms with Crippen LogP contribution >= 0.6 is 11.8 Å². The molecule has 25 heavy (non-hydrogen) atoms. The van der Waals surface area contributed by atoms with Crippen molar-refractivity contribution in [3.63, 3.8) is 0 Å². The number of para-hydroxylation sites is 2. The van der Waals surface area contributed by atoms with Crippen LogP contribution in [0, 0.1) is 17.0 Å². The molecule has 0 aliphatic heterocycles. The van der Waals surface area contributed by atoms with Crippen LogP contribution in [0.1, 0.15) is 11.1 Å². The van der Waals surface area contributed by atoms with Crippen molar-refractivity contribution in [2.24, 2.45) is 0 Å². The maximum absolute atomic E-state index is 11.1. The molecule has 0 saturated carbocycles. The van der Waals surface area contributed by atoms with Gasteiger partial charge in [0, 0.05) is 17.4 Å². The summed E-state index contributed by atoms with van der Waals surface area (Å²) in [5.74, 6) is 1.28. The molecule has 128 valence electrons. The van der Waals surface area contributed by atoms with Crippen LogP contribution < -0.4 is 4.74 Å². The van der Waals surface area contributed by atoms with Gasteiger partial charge >= 0.3 is 0 Å². The standard InChI is InChI=1S/C17H16N4O3S/c1-12-13(6-5-8-14(12)21(22)23)10-25-17-19-18-11-20(17)15-7-3-4-9-16(15)24-2/h3-9,11H,10H2,1-2H3. The second-order valence-corrected chi connectivity index (χ2v) is 6.20. The van der Waals surface area contributed by atoms with E-state index in [0.29, 0.717) is 16.5 Å². The van der Waals surface area contributed by atoms with Gasteiger partial charge in [0.25, 0.3) is 5.69 Å². The summed E-state index contributed by atoms with van der Waals surface area (Å²) in [4.78, 5) is 10.7. The Bertz CT molecular complexity index is 910. The van der Waals surface area contributed by atoms with E-state index in [-0.39, 0.29) is 10.6 Å². The Balaban J connectivity index is 1.86. The summed E-state index contributed by atoms with van der Waals surface area (Å²) in [5.41, 5.74) is 2.54. The highest BCUT2D eigenvalue weighted by Gasteiger charge is 2.15. The summed E-state index contributed by atoms with van der Waals surface area (Å²) in [6, 6.07) is 12.7. The summed E-state index contributed by atoms with van der Waals surface area (Å²) in [5, 5.41) is 19.9. The number of benzene rings is 2. The number of thioether (sulfide) groups is 1. The molecule has 2 aromatic carbocycles. The molecule has 0 spiro atoms. The lowest BCUT2D eigenvalue weighted by Crippen LogP contribution is -1.99. The van der Waals surface area contributed by atoms with Gasteiger partial charge in [-0.05, 0) is 24.6 Å². The van der Waals surface area contributed by atoms with Crippen LogP contribution in [0.15, 0.2) is 53.9 Å². The van der Waals surface area contributed by atoms with Crippen LogP contribution in [0.25, 0.3) is 5.69 Å². The second kappa shape index (κ2) is 7.35. The summed E-state index contributed by atoms with van der Waals surface area (Å²) in [7, 11) is 1.61. The van der Waals surface area contributed by atoms with Gasteiger partial charge in [-0.25, -0.2) is 0 Å². The number of hydrogen-bond donors (Lipinski definition) is 0. The van der Waals surface area contributed by atoms with E-state index in [9.17, 15) is 10.1 Å². The highest BCUT2D eigenvalue weighted by Crippen LogP contribution is 2.30. The Morgan fingerprint density at radius 3 is 2.80 bits per heavy atom. The number of nitrogens with zero attached hydrogens (tertiary/aromatic N) is 4. The molecule has 1 aromatic heterocycles. The molecule has 0 aliphatic carbocycles. The largest absolute Gasteiger partial charge is 0.495 e. The fourth-order valence-electron chi connectivity index (χ4n) is 2.48. The zero-order valence-corrected chi connectivity index (χ0v) is 14.6. The Kier molecular flexibility index (Phi) is 4.99. The van der Waals surface area contributed by atoms with Crippen molar-refractivity contribution in [2.75, 3.05) is 7.11 Å². The molecule has 0 radical (unpaired) electrons. The van der Waals surface area contributed by atoms with Gasteiger partial charge in [0.05, 0.1) is 17.7 Å². The zero-order chi connectivity index (χ0) is 17.8. The van der Waals surface area contributed by atoms with Crippen LogP contribution in [0.4, 0.5) is 5.69 Å². The molecule has 0 saturated heterocycles. The monoisotopic (exact) mass is 356 g/mol. The number of nitro benzene ring substituents is 1. The van der Waals surface area contributed by atoms with Gasteiger partial charge in [0.15, 0.2) is 5.16 Å². The maximum atomic E-state index is 11.1. The van der Waals surface area contributed by atoms with Gasteiger partial charge in [-0.3, -0.25) is 14.7 Å². The lowest BCUT2D eigenvalue weighted by Gasteiger charge is -2.11. The molecule has 3 rings (SSSR count). The van der Waals surface area contributed by atoms with Crippen molar-refractivity contribution in [3.05, 3.63) is 70.0 Å². The average Bonchev–Trinajstić information content (AvgIpc) is 3.09. The first kappa shape index (κ1) is 17.0. The Hall–Kier alpha value is -2.87. The van der Waals surface area contributed by atoms with E-state index < -0.39 is 0 Å². The number of nitro groups is 1. The molecule has 8 heteroatoms. The summed E-state index contributed by atoms with van der Waals surface area (Å²) < 4.78 is 7.23. The first-order chi connectivity index (χ1) is 12.1. The molecule has 7 nitrogen and oxygen atoms in total. The number of methoxy groups -OCH3 is 1. The molecular weight excluding hydrogens is 340 g/mol. The molecule has 0 fully saturated rings. The third-order valence-electron chi connectivity index (χ3n) is 3.83. The minimum Gasteiger partial charge on any atom is -0.495 e. The quantitative estimate of drug-likeness (QED) is 0.380. The smallest absolute Gasteiger partial charge is 0.272 e. The third-order valence-corrected chi connectivity index (χ3v) is 4.82. The highest BCUT2D eigenvalue weighted by molar-refractivity contribution is 7.98. The van der Waals surface area contributed by atoms with Crippen molar-refractivity contribution >= 4 is 17.4 Å². The van der Waals surface area contributed by atoms with E-state index >= 15 is 0 Å². The summed E-state index contributed by atoms with van der Waals surface area (Å²) >= 11 is 1.47. The van der Waals surface area contributed by atoms with Gasteiger partial charge in [-0.15, -0.1) is 10.2 Å². The molecule has 0 aliphatic rings. The Labute approximate surface area is 148 Å². The molecule has 0 bridgehead atoms. The van der Waals surface area contributed by atoms with Crippen LogP contribution in [0.3, 0.4) is 0 Å². The van der Waals surface area contributed by atoms with Crippen LogP contribution in [-0.2, 0) is 5.75 Å². The van der Waals surface area contributed by atoms with Gasteiger partial charge in [0.2, 0.25) is 0 Å². The van der Waals surface area contributed by atoms with Gasteiger partial charge in [-0.1, -0.05) is 36.0 Å². The molecular formula is C17H16N4O3S. The second-order valence-electron chi connectivity index (χ2n) is 5.26. The third kappa shape index (κ3) is 3.48. The fourth-order valence-corrected chi connectivity index (χ4v) is 3.47. The van der Waals surface area contributed by atoms with Gasteiger partial charge < -0.3 is 4.74 Å². The molecule has 0 atom stereocenters. The van der Waals surface area contributed by atoms with Crippen molar-refractivity contribution in [2.45, 2.75) is 17.8 Å². The van der Waals surface area contributed by atoms with Crippen LogP contribution in [-0.4, -0.2) is 26.8 Å². The number of aromatic nitrogens is 3. The molecule has 3 aromatic rings. The first-order valence-corrected chi connectivity index (χ1v) is 8.49. The van der Waals surface area contributed by atoms with E-state index in [0.717, 1.165) is 17.0 Å². The Morgan fingerprint density at radius 2 is 2.04 bits per heavy atom. The molecule has 0 N–H and O–H groups in total. The molecule has 0 unspecified atom stereocenters. The van der Waals surface area contributed by atoms with Gasteiger partial charge in [0.1, 0.15) is 12.1 Å². The summed E-state index contributed by atoms with van der Waals surface area (Å²) in [6.45, 7) is 1.76. The highest BCUT2D eigenvalue weighted by atomic mass is 32.2. The summed E-state index contributed by atoms with van der Waals surface area (Å²) in [6.07, 6.45) is 1.63. The topological polar surface area (TPSA) is 83.1 Å². The predicted molar refractivity (Wildman–Crippen MR) is 95.3 cm³/mol. The first-order valence-electron chi connectivity index (χ1n) is 7.51. The molecule has 1 heterocycles. The minimum absolute atomic E-state index is 0.129. The number of rotatable bonds is 6. The van der Waals surface area contributed by atoms with E-state index in [2.05, 4.69) is 10.2 Å².